The molecule has 2 aromatic rings. The van der Waals surface area contributed by atoms with Crippen LogP contribution in [-0.2, 0) is 11.3 Å². The summed E-state index contributed by atoms with van der Waals surface area (Å²) in [6.45, 7) is 6.39. The van der Waals surface area contributed by atoms with Crippen molar-refractivity contribution in [2.75, 3.05) is 27.2 Å². The van der Waals surface area contributed by atoms with Crippen molar-refractivity contribution < 1.29 is 9.59 Å². The number of carbonyl (C=O) groups is 2. The zero-order chi connectivity index (χ0) is 26.6. The summed E-state index contributed by atoms with van der Waals surface area (Å²) in [7, 11) is 3.47. The van der Waals surface area contributed by atoms with Crippen molar-refractivity contribution in [2.45, 2.75) is 71.8 Å². The van der Waals surface area contributed by atoms with E-state index >= 15 is 0 Å². The fraction of sp³-hybridized carbons (Fsp3) is 0.581. The van der Waals surface area contributed by atoms with Crippen molar-refractivity contribution in [3.63, 3.8) is 0 Å². The highest BCUT2D eigenvalue weighted by molar-refractivity contribution is 6.00. The van der Waals surface area contributed by atoms with Crippen molar-refractivity contribution in [3.05, 3.63) is 58.5 Å². The van der Waals surface area contributed by atoms with E-state index in [1.165, 1.54) is 32.1 Å². The molecule has 2 aliphatic rings. The Morgan fingerprint density at radius 3 is 2.38 bits per heavy atom. The van der Waals surface area contributed by atoms with E-state index in [1.54, 1.807) is 35.8 Å². The van der Waals surface area contributed by atoms with Gasteiger partial charge in [0, 0.05) is 58.0 Å². The Morgan fingerprint density at radius 1 is 1.03 bits per heavy atom. The van der Waals surface area contributed by atoms with Gasteiger partial charge in [-0.15, -0.1) is 0 Å². The summed E-state index contributed by atoms with van der Waals surface area (Å²) in [5.41, 5.74) is 1.83. The lowest BCUT2D eigenvalue weighted by Gasteiger charge is -2.44. The van der Waals surface area contributed by atoms with E-state index in [4.69, 9.17) is 0 Å². The molecule has 1 aliphatic heterocycles. The minimum Gasteiger partial charge on any atom is -0.345 e. The summed E-state index contributed by atoms with van der Waals surface area (Å²) >= 11 is 0. The first-order valence-corrected chi connectivity index (χ1v) is 13.9. The van der Waals surface area contributed by atoms with E-state index in [-0.39, 0.29) is 28.7 Å². The first kappa shape index (κ1) is 27.2. The molecule has 0 bridgehead atoms. The number of aromatic nitrogens is 1. The zero-order valence-electron chi connectivity index (χ0n) is 23.0. The molecule has 2 heterocycles. The number of carbonyl (C=O) groups excluding carboxylic acids is 2. The molecule has 6 heteroatoms. The van der Waals surface area contributed by atoms with Crippen LogP contribution in [0.3, 0.4) is 0 Å². The number of likely N-dealkylation sites (tertiary alicyclic amines) is 1. The van der Waals surface area contributed by atoms with Crippen LogP contribution in [-0.4, -0.2) is 53.4 Å². The molecule has 1 saturated heterocycles. The Labute approximate surface area is 221 Å². The van der Waals surface area contributed by atoms with E-state index < -0.39 is 0 Å². The SMILES string of the molecule is CN(C)C(=O)c1cn(CC2CCN(C(=O)CCC3CCCCC3)CC2(C)C)c(=O)cc1-c1ccccc1. The number of hydrogen-bond donors (Lipinski definition) is 0. The summed E-state index contributed by atoms with van der Waals surface area (Å²) in [5, 5.41) is 0. The molecule has 2 amide bonds. The third kappa shape index (κ3) is 6.52. The molecule has 0 radical (unpaired) electrons. The maximum Gasteiger partial charge on any atom is 0.255 e. The summed E-state index contributed by atoms with van der Waals surface area (Å²) in [4.78, 5) is 42.9. The van der Waals surface area contributed by atoms with Gasteiger partial charge in [-0.2, -0.15) is 0 Å². The first-order valence-electron chi connectivity index (χ1n) is 13.9. The van der Waals surface area contributed by atoms with Gasteiger partial charge in [0.15, 0.2) is 0 Å². The summed E-state index contributed by atoms with van der Waals surface area (Å²) in [6, 6.07) is 11.2. The molecule has 0 spiro atoms. The van der Waals surface area contributed by atoms with Crippen molar-refractivity contribution in [2.24, 2.45) is 17.3 Å². The van der Waals surface area contributed by atoms with Crippen LogP contribution in [0.4, 0.5) is 0 Å². The molecule has 1 unspecified atom stereocenters. The number of piperidine rings is 1. The van der Waals surface area contributed by atoms with Crippen LogP contribution < -0.4 is 5.56 Å². The van der Waals surface area contributed by atoms with Crippen LogP contribution in [0.25, 0.3) is 11.1 Å². The predicted octanol–water partition coefficient (Wildman–Crippen LogP) is 5.45. The summed E-state index contributed by atoms with van der Waals surface area (Å²) in [6.07, 6.45) is 10.8. The van der Waals surface area contributed by atoms with E-state index in [2.05, 4.69) is 13.8 Å². The second kappa shape index (κ2) is 11.7. The molecular weight excluding hydrogens is 462 g/mol. The molecule has 4 rings (SSSR count). The van der Waals surface area contributed by atoms with Gasteiger partial charge in [0.25, 0.3) is 11.5 Å². The third-order valence-electron chi connectivity index (χ3n) is 8.56. The van der Waals surface area contributed by atoms with Gasteiger partial charge in [-0.25, -0.2) is 0 Å². The van der Waals surface area contributed by atoms with E-state index in [1.807, 2.05) is 35.2 Å². The second-order valence-corrected chi connectivity index (χ2v) is 12.0. The van der Waals surface area contributed by atoms with Crippen LogP contribution in [0.2, 0.25) is 0 Å². The van der Waals surface area contributed by atoms with Gasteiger partial charge in [-0.05, 0) is 35.7 Å². The van der Waals surface area contributed by atoms with Gasteiger partial charge in [-0.1, -0.05) is 76.3 Å². The Hall–Kier alpha value is -2.89. The smallest absolute Gasteiger partial charge is 0.255 e. The lowest BCUT2D eigenvalue weighted by molar-refractivity contribution is -0.136. The molecule has 1 saturated carbocycles. The second-order valence-electron chi connectivity index (χ2n) is 12.0. The normalized spacial score (nSPS) is 20.0. The van der Waals surface area contributed by atoms with Gasteiger partial charge in [0.2, 0.25) is 5.91 Å². The van der Waals surface area contributed by atoms with Gasteiger partial charge in [0.1, 0.15) is 0 Å². The topological polar surface area (TPSA) is 62.6 Å². The number of rotatable bonds is 7. The average Bonchev–Trinajstić information content (AvgIpc) is 2.89. The van der Waals surface area contributed by atoms with Crippen LogP contribution in [0.15, 0.2) is 47.4 Å². The Bertz CT molecular complexity index is 1150. The Balaban J connectivity index is 1.48. The average molecular weight is 506 g/mol. The van der Waals surface area contributed by atoms with Crippen molar-refractivity contribution in [1.29, 1.82) is 0 Å². The number of benzene rings is 1. The molecule has 1 aliphatic carbocycles. The van der Waals surface area contributed by atoms with Crippen LogP contribution >= 0.6 is 0 Å². The number of hydrogen-bond acceptors (Lipinski definition) is 3. The summed E-state index contributed by atoms with van der Waals surface area (Å²) in [5.74, 6) is 1.11. The molecule has 6 nitrogen and oxygen atoms in total. The maximum absolute atomic E-state index is 13.2. The van der Waals surface area contributed by atoms with Crippen molar-refractivity contribution in [3.8, 4) is 11.1 Å². The van der Waals surface area contributed by atoms with Crippen molar-refractivity contribution in [1.82, 2.24) is 14.4 Å². The number of amides is 2. The van der Waals surface area contributed by atoms with Gasteiger partial charge >= 0.3 is 0 Å². The molecule has 1 aromatic carbocycles. The third-order valence-corrected chi connectivity index (χ3v) is 8.56. The monoisotopic (exact) mass is 505 g/mol. The number of pyridine rings is 1. The highest BCUT2D eigenvalue weighted by Crippen LogP contribution is 2.37. The Morgan fingerprint density at radius 2 is 1.73 bits per heavy atom. The number of nitrogens with zero attached hydrogens (tertiary/aromatic N) is 3. The molecule has 37 heavy (non-hydrogen) atoms. The molecular formula is C31H43N3O3. The van der Waals surface area contributed by atoms with Crippen molar-refractivity contribution >= 4 is 11.8 Å². The first-order chi connectivity index (χ1) is 17.7. The minimum atomic E-state index is -0.123. The lowest BCUT2D eigenvalue weighted by atomic mass is 9.73. The standard InChI is InChI=1S/C31H43N3O3/c1-31(2)22-33(28(35)16-15-23-11-7-5-8-12-23)18-17-25(31)20-34-21-27(30(37)32(3)4)26(19-29(34)36)24-13-9-6-10-14-24/h6,9-10,13-14,19,21,23,25H,5,7-8,11-12,15-18,20,22H2,1-4H3. The predicted molar refractivity (Wildman–Crippen MR) is 148 cm³/mol. The van der Waals surface area contributed by atoms with E-state index in [0.29, 0.717) is 36.6 Å². The molecule has 1 atom stereocenters. The van der Waals surface area contributed by atoms with E-state index in [0.717, 1.165) is 24.9 Å². The highest BCUT2D eigenvalue weighted by Gasteiger charge is 2.38. The van der Waals surface area contributed by atoms with Gasteiger partial charge in [-0.3, -0.25) is 14.4 Å². The van der Waals surface area contributed by atoms with Crippen LogP contribution in [0.1, 0.15) is 75.6 Å². The molecule has 0 N–H and O–H groups in total. The fourth-order valence-electron chi connectivity index (χ4n) is 6.14. The molecule has 2 fully saturated rings. The molecule has 200 valence electrons. The summed E-state index contributed by atoms with van der Waals surface area (Å²) < 4.78 is 1.70. The lowest BCUT2D eigenvalue weighted by Crippen LogP contribution is -2.49. The Kier molecular flexibility index (Phi) is 8.56. The maximum atomic E-state index is 13.2. The zero-order valence-corrected chi connectivity index (χ0v) is 23.0. The minimum absolute atomic E-state index is 0.101. The largest absolute Gasteiger partial charge is 0.345 e. The van der Waals surface area contributed by atoms with Gasteiger partial charge in [0.05, 0.1) is 5.56 Å². The van der Waals surface area contributed by atoms with Crippen LogP contribution in [0, 0.1) is 17.3 Å². The fourth-order valence-corrected chi connectivity index (χ4v) is 6.14. The van der Waals surface area contributed by atoms with E-state index in [9.17, 15) is 14.4 Å². The highest BCUT2D eigenvalue weighted by atomic mass is 16.2. The van der Waals surface area contributed by atoms with Crippen LogP contribution in [0.5, 0.6) is 0 Å². The molecule has 1 aromatic heterocycles. The quantitative estimate of drug-likeness (QED) is 0.503. The van der Waals surface area contributed by atoms with Gasteiger partial charge < -0.3 is 14.4 Å².